The van der Waals surface area contributed by atoms with Crippen LogP contribution in [0.25, 0.3) is 16.9 Å². The number of aromatic nitrogens is 4. The average Bonchev–Trinajstić information content (AvgIpc) is 2.98. The second-order valence-corrected chi connectivity index (χ2v) is 4.41. The molecule has 3 aromatic rings. The Labute approximate surface area is 106 Å². The van der Waals surface area contributed by atoms with E-state index in [2.05, 4.69) is 35.3 Å². The van der Waals surface area contributed by atoms with Crippen molar-refractivity contribution in [2.45, 2.75) is 26.3 Å². The Bertz CT molecular complexity index is 636. The number of rotatable bonds is 4. The zero-order valence-electron chi connectivity index (χ0n) is 10.5. The van der Waals surface area contributed by atoms with Gasteiger partial charge in [0.2, 0.25) is 0 Å². The Hall–Kier alpha value is -2.10. The first-order chi connectivity index (χ1) is 8.88. The van der Waals surface area contributed by atoms with Crippen molar-refractivity contribution in [1.29, 1.82) is 0 Å². The van der Waals surface area contributed by atoms with E-state index < -0.39 is 0 Å². The molecule has 0 aliphatic rings. The predicted molar refractivity (Wildman–Crippen MR) is 71.3 cm³/mol. The van der Waals surface area contributed by atoms with Gasteiger partial charge >= 0.3 is 0 Å². The number of hydrogen-bond donors (Lipinski definition) is 0. The average molecular weight is 240 g/mol. The maximum Gasteiger partial charge on any atom is 0.154 e. The minimum atomic E-state index is 0.951. The molecule has 0 amide bonds. The molecule has 0 unspecified atom stereocenters. The third kappa shape index (κ3) is 1.90. The first-order valence-electron chi connectivity index (χ1n) is 6.35. The molecule has 0 N–H and O–H groups in total. The molecule has 2 aromatic heterocycles. The summed E-state index contributed by atoms with van der Waals surface area (Å²) in [4.78, 5) is 0. The van der Waals surface area contributed by atoms with Crippen molar-refractivity contribution in [3.8, 4) is 11.3 Å². The van der Waals surface area contributed by atoms with Crippen LogP contribution in [-0.2, 0) is 6.54 Å². The summed E-state index contributed by atoms with van der Waals surface area (Å²) in [7, 11) is 0. The third-order valence-corrected chi connectivity index (χ3v) is 3.07. The van der Waals surface area contributed by atoms with Crippen molar-refractivity contribution in [3.63, 3.8) is 0 Å². The van der Waals surface area contributed by atoms with Crippen LogP contribution in [0, 0.1) is 0 Å². The van der Waals surface area contributed by atoms with Crippen LogP contribution in [0.2, 0.25) is 0 Å². The fraction of sp³-hybridized carbons (Fsp3) is 0.286. The normalized spacial score (nSPS) is 11.2. The van der Waals surface area contributed by atoms with Crippen LogP contribution in [0.1, 0.15) is 19.8 Å². The Morgan fingerprint density at radius 3 is 2.78 bits per heavy atom. The second-order valence-electron chi connectivity index (χ2n) is 4.41. The van der Waals surface area contributed by atoms with Gasteiger partial charge in [-0.2, -0.15) is 10.2 Å². The Morgan fingerprint density at radius 2 is 2.00 bits per heavy atom. The minimum absolute atomic E-state index is 0.951. The molecule has 0 spiro atoms. The van der Waals surface area contributed by atoms with Crippen molar-refractivity contribution in [1.82, 2.24) is 19.4 Å². The van der Waals surface area contributed by atoms with Gasteiger partial charge < -0.3 is 0 Å². The molecule has 0 fully saturated rings. The molecule has 0 saturated carbocycles. The van der Waals surface area contributed by atoms with E-state index in [4.69, 9.17) is 0 Å². The highest BCUT2D eigenvalue weighted by atomic mass is 15.4. The Balaban J connectivity index is 1.99. The summed E-state index contributed by atoms with van der Waals surface area (Å²) in [5.74, 6) is 0. The maximum atomic E-state index is 4.55. The van der Waals surface area contributed by atoms with Gasteiger partial charge in [0.15, 0.2) is 5.65 Å². The monoisotopic (exact) mass is 240 g/mol. The highest BCUT2D eigenvalue weighted by molar-refractivity contribution is 5.63. The van der Waals surface area contributed by atoms with E-state index in [0.717, 1.165) is 29.9 Å². The fourth-order valence-corrected chi connectivity index (χ4v) is 2.06. The molecule has 4 nitrogen and oxygen atoms in total. The van der Waals surface area contributed by atoms with E-state index in [1.807, 2.05) is 27.4 Å². The lowest BCUT2D eigenvalue weighted by Gasteiger charge is -1.98. The Kier molecular flexibility index (Phi) is 2.84. The predicted octanol–water partition coefficient (Wildman–Crippen LogP) is 3.00. The standard InChI is InChI=1S/C14H16N4/c1-2-3-9-17-14-10-13(16-18(14)11-15-17)12-7-5-4-6-8-12/h4-8,10-11H,2-3,9H2,1H3. The van der Waals surface area contributed by atoms with Crippen molar-refractivity contribution < 1.29 is 0 Å². The molecule has 1 aromatic carbocycles. The Morgan fingerprint density at radius 1 is 1.17 bits per heavy atom. The van der Waals surface area contributed by atoms with Gasteiger partial charge in [-0.05, 0) is 6.42 Å². The topological polar surface area (TPSA) is 35.1 Å². The maximum absolute atomic E-state index is 4.55. The summed E-state index contributed by atoms with van der Waals surface area (Å²) < 4.78 is 3.86. The number of unbranched alkanes of at least 4 members (excludes halogenated alkanes) is 1. The molecule has 0 aliphatic heterocycles. The number of fused-ring (bicyclic) bond motifs is 1. The highest BCUT2D eigenvalue weighted by Crippen LogP contribution is 2.19. The molecule has 0 aliphatic carbocycles. The lowest BCUT2D eigenvalue weighted by molar-refractivity contribution is 0.588. The summed E-state index contributed by atoms with van der Waals surface area (Å²) in [5, 5.41) is 8.89. The van der Waals surface area contributed by atoms with E-state index in [9.17, 15) is 0 Å². The SMILES string of the molecule is CCCCn1ncn2nc(-c3ccccc3)cc12. The number of aryl methyl sites for hydroxylation is 1. The molecular formula is C14H16N4. The molecule has 18 heavy (non-hydrogen) atoms. The van der Waals surface area contributed by atoms with Gasteiger partial charge in [0, 0.05) is 18.2 Å². The molecule has 0 saturated heterocycles. The van der Waals surface area contributed by atoms with Gasteiger partial charge in [-0.15, -0.1) is 0 Å². The van der Waals surface area contributed by atoms with Crippen LogP contribution in [0.15, 0.2) is 42.7 Å². The summed E-state index contributed by atoms with van der Waals surface area (Å²) >= 11 is 0. The summed E-state index contributed by atoms with van der Waals surface area (Å²) in [5.41, 5.74) is 3.20. The van der Waals surface area contributed by atoms with Gasteiger partial charge in [-0.1, -0.05) is 43.7 Å². The highest BCUT2D eigenvalue weighted by Gasteiger charge is 2.08. The smallest absolute Gasteiger partial charge is 0.154 e. The van der Waals surface area contributed by atoms with Crippen LogP contribution in [0.3, 0.4) is 0 Å². The van der Waals surface area contributed by atoms with Gasteiger partial charge in [0.25, 0.3) is 0 Å². The first kappa shape index (κ1) is 11.0. The number of benzene rings is 1. The van der Waals surface area contributed by atoms with E-state index in [1.165, 1.54) is 6.42 Å². The van der Waals surface area contributed by atoms with Crippen molar-refractivity contribution >= 4 is 5.65 Å². The quantitative estimate of drug-likeness (QED) is 0.702. The summed E-state index contributed by atoms with van der Waals surface area (Å²) in [6.45, 7) is 3.14. The molecule has 92 valence electrons. The largest absolute Gasteiger partial charge is 0.246 e. The lowest BCUT2D eigenvalue weighted by atomic mass is 10.2. The van der Waals surface area contributed by atoms with Crippen LogP contribution in [-0.4, -0.2) is 19.4 Å². The minimum Gasteiger partial charge on any atom is -0.246 e. The summed E-state index contributed by atoms with van der Waals surface area (Å²) in [6.07, 6.45) is 4.09. The van der Waals surface area contributed by atoms with Gasteiger partial charge in [-0.25, -0.2) is 9.20 Å². The fourth-order valence-electron chi connectivity index (χ4n) is 2.06. The van der Waals surface area contributed by atoms with Crippen LogP contribution in [0.4, 0.5) is 0 Å². The van der Waals surface area contributed by atoms with Gasteiger partial charge in [0.1, 0.15) is 6.33 Å². The van der Waals surface area contributed by atoms with E-state index in [1.54, 1.807) is 6.33 Å². The number of nitrogens with zero attached hydrogens (tertiary/aromatic N) is 4. The molecule has 3 rings (SSSR count). The summed E-state index contributed by atoms with van der Waals surface area (Å²) in [6, 6.07) is 12.3. The molecule has 0 atom stereocenters. The van der Waals surface area contributed by atoms with E-state index in [0.29, 0.717) is 0 Å². The molecule has 0 bridgehead atoms. The van der Waals surface area contributed by atoms with Gasteiger partial charge in [0.05, 0.1) is 5.69 Å². The number of hydrogen-bond acceptors (Lipinski definition) is 2. The zero-order chi connectivity index (χ0) is 12.4. The molecule has 0 radical (unpaired) electrons. The zero-order valence-corrected chi connectivity index (χ0v) is 10.5. The molecule has 4 heteroatoms. The molecule has 2 heterocycles. The second kappa shape index (κ2) is 4.64. The van der Waals surface area contributed by atoms with Crippen LogP contribution in [0.5, 0.6) is 0 Å². The third-order valence-electron chi connectivity index (χ3n) is 3.07. The lowest BCUT2D eigenvalue weighted by Crippen LogP contribution is -1.98. The van der Waals surface area contributed by atoms with Crippen LogP contribution >= 0.6 is 0 Å². The van der Waals surface area contributed by atoms with Crippen molar-refractivity contribution in [2.75, 3.05) is 0 Å². The van der Waals surface area contributed by atoms with E-state index >= 15 is 0 Å². The first-order valence-corrected chi connectivity index (χ1v) is 6.35. The van der Waals surface area contributed by atoms with Crippen molar-refractivity contribution in [3.05, 3.63) is 42.7 Å². The van der Waals surface area contributed by atoms with E-state index in [-0.39, 0.29) is 0 Å². The van der Waals surface area contributed by atoms with Crippen molar-refractivity contribution in [2.24, 2.45) is 0 Å². The molecular weight excluding hydrogens is 224 g/mol. The van der Waals surface area contributed by atoms with Gasteiger partial charge in [-0.3, -0.25) is 0 Å². The van der Waals surface area contributed by atoms with Crippen LogP contribution < -0.4 is 0 Å².